The van der Waals surface area contributed by atoms with Gasteiger partial charge >= 0.3 is 0 Å². The van der Waals surface area contributed by atoms with Crippen LogP contribution in [0.3, 0.4) is 0 Å². The second-order valence-electron chi connectivity index (χ2n) is 7.18. The number of rotatable bonds is 6. The molecule has 1 aliphatic heterocycles. The molecule has 1 fully saturated rings. The van der Waals surface area contributed by atoms with Crippen LogP contribution in [0.15, 0.2) is 61.1 Å². The van der Waals surface area contributed by atoms with Gasteiger partial charge in [-0.2, -0.15) is 0 Å². The molecule has 3 heterocycles. The van der Waals surface area contributed by atoms with Gasteiger partial charge in [-0.1, -0.05) is 35.5 Å². The lowest BCUT2D eigenvalue weighted by Gasteiger charge is -2.24. The van der Waals surface area contributed by atoms with Crippen molar-refractivity contribution < 1.29 is 14.0 Å². The van der Waals surface area contributed by atoms with Crippen molar-refractivity contribution in [2.24, 2.45) is 0 Å². The molecule has 154 valence electrons. The third-order valence-electron chi connectivity index (χ3n) is 5.00. The standard InChI is InChI=1S/C21H21FN6O2/c22-17-9-18(28(12-17)21(30)16-7-4-8-23-11-16)13-27-14-19(25-26-27)20(29)24-10-15-5-2-1-3-6-15/h1-8,11,14,17-18H,9-10,12-13H2,(H,24,29)/t17-,18-/m0/s1. The van der Waals surface area contributed by atoms with E-state index in [1.165, 1.54) is 22.0 Å². The van der Waals surface area contributed by atoms with E-state index in [4.69, 9.17) is 0 Å². The predicted octanol–water partition coefficient (Wildman–Crippen LogP) is 1.86. The smallest absolute Gasteiger partial charge is 0.273 e. The molecule has 3 aromatic rings. The molecule has 2 amide bonds. The van der Waals surface area contributed by atoms with Crippen molar-refractivity contribution in [2.75, 3.05) is 6.54 Å². The molecule has 1 aromatic carbocycles. The predicted molar refractivity (Wildman–Crippen MR) is 106 cm³/mol. The fourth-order valence-corrected chi connectivity index (χ4v) is 3.51. The number of nitrogens with one attached hydrogen (secondary N) is 1. The number of aromatic nitrogens is 4. The molecule has 4 rings (SSSR count). The maximum atomic E-state index is 14.1. The van der Waals surface area contributed by atoms with Crippen molar-refractivity contribution in [1.82, 2.24) is 30.2 Å². The number of hydrogen-bond donors (Lipinski definition) is 1. The third kappa shape index (κ3) is 4.51. The van der Waals surface area contributed by atoms with Crippen LogP contribution in [0.4, 0.5) is 4.39 Å². The van der Waals surface area contributed by atoms with Crippen LogP contribution in [-0.4, -0.2) is 55.5 Å². The van der Waals surface area contributed by atoms with Crippen LogP contribution in [0.5, 0.6) is 0 Å². The van der Waals surface area contributed by atoms with Gasteiger partial charge < -0.3 is 10.2 Å². The molecule has 30 heavy (non-hydrogen) atoms. The number of carbonyl (C=O) groups is 2. The molecule has 2 aromatic heterocycles. The SMILES string of the molecule is O=C(NCc1ccccc1)c1cn(C[C@@H]2C[C@H](F)CN2C(=O)c2cccnc2)nn1. The lowest BCUT2D eigenvalue weighted by molar-refractivity contribution is 0.0714. The molecule has 0 spiro atoms. The van der Waals surface area contributed by atoms with Crippen molar-refractivity contribution >= 4 is 11.8 Å². The van der Waals surface area contributed by atoms with E-state index in [2.05, 4.69) is 20.6 Å². The van der Waals surface area contributed by atoms with E-state index in [9.17, 15) is 14.0 Å². The molecule has 0 radical (unpaired) electrons. The maximum Gasteiger partial charge on any atom is 0.273 e. The topological polar surface area (TPSA) is 93.0 Å². The Morgan fingerprint density at radius 1 is 1.17 bits per heavy atom. The summed E-state index contributed by atoms with van der Waals surface area (Å²) in [5.41, 5.74) is 1.56. The van der Waals surface area contributed by atoms with Crippen LogP contribution in [-0.2, 0) is 13.1 Å². The molecule has 1 saturated heterocycles. The number of benzene rings is 1. The Kier molecular flexibility index (Phi) is 5.78. The summed E-state index contributed by atoms with van der Waals surface area (Å²) in [6.45, 7) is 0.662. The summed E-state index contributed by atoms with van der Waals surface area (Å²) >= 11 is 0. The quantitative estimate of drug-likeness (QED) is 0.672. The minimum atomic E-state index is -1.10. The van der Waals surface area contributed by atoms with Gasteiger partial charge in [0.25, 0.3) is 11.8 Å². The monoisotopic (exact) mass is 408 g/mol. The van der Waals surface area contributed by atoms with Crippen molar-refractivity contribution in [3.63, 3.8) is 0 Å². The Morgan fingerprint density at radius 3 is 2.77 bits per heavy atom. The summed E-state index contributed by atoms with van der Waals surface area (Å²) in [5, 5.41) is 10.7. The van der Waals surface area contributed by atoms with Crippen LogP contribution in [0.1, 0.15) is 32.8 Å². The van der Waals surface area contributed by atoms with Gasteiger partial charge in [0.1, 0.15) is 6.17 Å². The van der Waals surface area contributed by atoms with Crippen molar-refractivity contribution in [3.05, 3.63) is 77.9 Å². The number of nitrogens with zero attached hydrogens (tertiary/aromatic N) is 5. The van der Waals surface area contributed by atoms with Gasteiger partial charge in [0, 0.05) is 25.4 Å². The first-order valence-electron chi connectivity index (χ1n) is 9.67. The molecule has 2 atom stereocenters. The number of likely N-dealkylation sites (tertiary alicyclic amines) is 1. The maximum absolute atomic E-state index is 14.1. The van der Waals surface area contributed by atoms with Gasteiger partial charge in [0.2, 0.25) is 0 Å². The lowest BCUT2D eigenvalue weighted by atomic mass is 10.2. The molecule has 1 aliphatic rings. The minimum absolute atomic E-state index is 0.0253. The summed E-state index contributed by atoms with van der Waals surface area (Å²) in [4.78, 5) is 30.5. The fourth-order valence-electron chi connectivity index (χ4n) is 3.51. The first-order chi connectivity index (χ1) is 14.6. The number of amides is 2. The van der Waals surface area contributed by atoms with Gasteiger partial charge in [-0.3, -0.25) is 14.6 Å². The Balaban J connectivity index is 1.39. The first kappa shape index (κ1) is 19.7. The molecular formula is C21H21FN6O2. The van der Waals surface area contributed by atoms with Gasteiger partial charge in [-0.05, 0) is 17.7 Å². The average Bonchev–Trinajstić information content (AvgIpc) is 3.39. The summed E-state index contributed by atoms with van der Waals surface area (Å²) in [6.07, 6.45) is 3.67. The van der Waals surface area contributed by atoms with Crippen molar-refractivity contribution in [3.8, 4) is 0 Å². The van der Waals surface area contributed by atoms with Crippen LogP contribution in [0.25, 0.3) is 0 Å². The van der Waals surface area contributed by atoms with Crippen LogP contribution in [0, 0.1) is 0 Å². The van der Waals surface area contributed by atoms with E-state index < -0.39 is 6.17 Å². The van der Waals surface area contributed by atoms with Gasteiger partial charge in [0.05, 0.1) is 30.9 Å². The van der Waals surface area contributed by atoms with E-state index >= 15 is 0 Å². The Hall–Kier alpha value is -3.62. The number of alkyl halides is 1. The highest BCUT2D eigenvalue weighted by Crippen LogP contribution is 2.23. The molecule has 0 unspecified atom stereocenters. The van der Waals surface area contributed by atoms with E-state index in [1.807, 2.05) is 30.3 Å². The highest BCUT2D eigenvalue weighted by atomic mass is 19.1. The van der Waals surface area contributed by atoms with E-state index in [1.54, 1.807) is 18.3 Å². The van der Waals surface area contributed by atoms with Gasteiger partial charge in [-0.15, -0.1) is 5.10 Å². The summed E-state index contributed by atoms with van der Waals surface area (Å²) in [7, 11) is 0. The number of pyridine rings is 1. The van der Waals surface area contributed by atoms with Crippen LogP contribution in [0.2, 0.25) is 0 Å². The Morgan fingerprint density at radius 2 is 2.00 bits per heavy atom. The molecule has 0 bridgehead atoms. The molecule has 0 aliphatic carbocycles. The minimum Gasteiger partial charge on any atom is -0.347 e. The Bertz CT molecular complexity index is 1010. The van der Waals surface area contributed by atoms with Crippen LogP contribution >= 0.6 is 0 Å². The highest BCUT2D eigenvalue weighted by molar-refractivity contribution is 5.94. The largest absolute Gasteiger partial charge is 0.347 e. The first-order valence-corrected chi connectivity index (χ1v) is 9.67. The second kappa shape index (κ2) is 8.81. The summed E-state index contributed by atoms with van der Waals surface area (Å²) < 4.78 is 15.6. The molecule has 8 nitrogen and oxygen atoms in total. The number of carbonyl (C=O) groups excluding carboxylic acids is 2. The zero-order chi connectivity index (χ0) is 20.9. The van der Waals surface area contributed by atoms with Crippen molar-refractivity contribution in [2.45, 2.75) is 31.7 Å². The average molecular weight is 408 g/mol. The third-order valence-corrected chi connectivity index (χ3v) is 5.00. The van der Waals surface area contributed by atoms with E-state index in [-0.39, 0.29) is 43.1 Å². The second-order valence-corrected chi connectivity index (χ2v) is 7.18. The molecule has 9 heteroatoms. The summed E-state index contributed by atoms with van der Waals surface area (Å²) in [5.74, 6) is -0.614. The molecular weight excluding hydrogens is 387 g/mol. The summed E-state index contributed by atoms with van der Waals surface area (Å²) in [6, 6.07) is 12.5. The lowest BCUT2D eigenvalue weighted by Crippen LogP contribution is -2.38. The van der Waals surface area contributed by atoms with E-state index in [0.29, 0.717) is 12.1 Å². The molecule has 1 N–H and O–H groups in total. The Labute approximate surface area is 172 Å². The van der Waals surface area contributed by atoms with Gasteiger partial charge in [-0.25, -0.2) is 9.07 Å². The van der Waals surface area contributed by atoms with Gasteiger partial charge in [0.15, 0.2) is 5.69 Å². The van der Waals surface area contributed by atoms with E-state index in [0.717, 1.165) is 5.56 Å². The zero-order valence-corrected chi connectivity index (χ0v) is 16.2. The number of halogens is 1. The highest BCUT2D eigenvalue weighted by Gasteiger charge is 2.36. The zero-order valence-electron chi connectivity index (χ0n) is 16.2. The fraction of sp³-hybridized carbons (Fsp3) is 0.286. The van der Waals surface area contributed by atoms with Crippen molar-refractivity contribution in [1.29, 1.82) is 0 Å². The number of hydrogen-bond acceptors (Lipinski definition) is 5. The molecule has 0 saturated carbocycles. The van der Waals surface area contributed by atoms with Crippen LogP contribution < -0.4 is 5.32 Å². The normalized spacial score (nSPS) is 18.4.